The summed E-state index contributed by atoms with van der Waals surface area (Å²) in [6.45, 7) is 2.40. The van der Waals surface area contributed by atoms with Crippen molar-refractivity contribution < 1.29 is 4.84 Å². The molecule has 3 nitrogen and oxygen atoms in total. The minimum atomic E-state index is 0.495. The second kappa shape index (κ2) is 5.10. The van der Waals surface area contributed by atoms with E-state index in [1.807, 2.05) is 0 Å². The number of likely N-dealkylation sites (tertiary alicyclic amines) is 1. The van der Waals surface area contributed by atoms with Gasteiger partial charge in [-0.2, -0.15) is 5.48 Å². The van der Waals surface area contributed by atoms with Crippen LogP contribution in [0, 0.1) is 0 Å². The monoisotopic (exact) mass is 198 g/mol. The van der Waals surface area contributed by atoms with Gasteiger partial charge in [0, 0.05) is 6.04 Å². The Labute approximate surface area is 86.8 Å². The number of hydrogen-bond acceptors (Lipinski definition) is 3. The van der Waals surface area contributed by atoms with Gasteiger partial charge in [0.05, 0.1) is 6.10 Å². The van der Waals surface area contributed by atoms with E-state index in [-0.39, 0.29) is 0 Å². The molecule has 1 aliphatic carbocycles. The Kier molecular flexibility index (Phi) is 3.79. The van der Waals surface area contributed by atoms with Gasteiger partial charge in [0.25, 0.3) is 0 Å². The average Bonchev–Trinajstić information content (AvgIpc) is 2.70. The fourth-order valence-corrected chi connectivity index (χ4v) is 2.33. The smallest absolute Gasteiger partial charge is 0.0790 e. The summed E-state index contributed by atoms with van der Waals surface area (Å²) in [7, 11) is 2.19. The van der Waals surface area contributed by atoms with Crippen LogP contribution < -0.4 is 5.48 Å². The highest BCUT2D eigenvalue weighted by Gasteiger charge is 2.20. The molecule has 1 saturated heterocycles. The van der Waals surface area contributed by atoms with Crippen molar-refractivity contribution in [3.63, 3.8) is 0 Å². The van der Waals surface area contributed by atoms with Crippen LogP contribution in [-0.2, 0) is 4.84 Å². The Morgan fingerprint density at radius 2 is 1.71 bits per heavy atom. The third kappa shape index (κ3) is 2.94. The van der Waals surface area contributed by atoms with Gasteiger partial charge in [-0.15, -0.1) is 0 Å². The summed E-state index contributed by atoms with van der Waals surface area (Å²) in [5.41, 5.74) is 3.26. The van der Waals surface area contributed by atoms with E-state index in [1.165, 1.54) is 51.6 Å². The summed E-state index contributed by atoms with van der Waals surface area (Å²) >= 11 is 0. The molecule has 2 rings (SSSR count). The molecule has 0 atom stereocenters. The molecule has 0 amide bonds. The van der Waals surface area contributed by atoms with Crippen LogP contribution in [0.25, 0.3) is 0 Å². The average molecular weight is 198 g/mol. The summed E-state index contributed by atoms with van der Waals surface area (Å²) in [6, 6.07) is 0.590. The number of nitrogens with one attached hydrogen (secondary N) is 1. The second-order valence-corrected chi connectivity index (χ2v) is 4.72. The van der Waals surface area contributed by atoms with Crippen molar-refractivity contribution in [1.82, 2.24) is 10.4 Å². The van der Waals surface area contributed by atoms with E-state index in [0.717, 1.165) is 0 Å². The molecule has 2 fully saturated rings. The summed E-state index contributed by atoms with van der Waals surface area (Å²) in [6.07, 6.45) is 8.14. The predicted molar refractivity (Wildman–Crippen MR) is 57.0 cm³/mol. The van der Waals surface area contributed by atoms with Crippen LogP contribution in [0.15, 0.2) is 0 Å². The number of hydrogen-bond donors (Lipinski definition) is 1. The second-order valence-electron chi connectivity index (χ2n) is 4.72. The van der Waals surface area contributed by atoms with E-state index in [9.17, 15) is 0 Å². The maximum Gasteiger partial charge on any atom is 0.0790 e. The molecule has 0 aromatic carbocycles. The molecule has 0 bridgehead atoms. The molecule has 82 valence electrons. The van der Waals surface area contributed by atoms with Crippen molar-refractivity contribution >= 4 is 0 Å². The maximum absolute atomic E-state index is 5.71. The van der Waals surface area contributed by atoms with Gasteiger partial charge in [-0.25, -0.2) is 0 Å². The highest BCUT2D eigenvalue weighted by molar-refractivity contribution is 4.73. The number of piperidine rings is 1. The zero-order valence-electron chi connectivity index (χ0n) is 9.17. The van der Waals surface area contributed by atoms with Crippen LogP contribution in [0.1, 0.15) is 38.5 Å². The summed E-state index contributed by atoms with van der Waals surface area (Å²) in [5.74, 6) is 0. The van der Waals surface area contributed by atoms with Crippen LogP contribution in [0.3, 0.4) is 0 Å². The molecular formula is C11H22N2O. The fourth-order valence-electron chi connectivity index (χ4n) is 2.33. The quantitative estimate of drug-likeness (QED) is 0.696. The molecule has 1 heterocycles. The molecule has 0 aromatic heterocycles. The molecule has 0 radical (unpaired) electrons. The van der Waals surface area contributed by atoms with E-state index in [0.29, 0.717) is 12.1 Å². The fraction of sp³-hybridized carbons (Fsp3) is 1.00. The minimum absolute atomic E-state index is 0.495. The van der Waals surface area contributed by atoms with Gasteiger partial charge < -0.3 is 4.90 Å². The Morgan fingerprint density at radius 3 is 2.36 bits per heavy atom. The zero-order chi connectivity index (χ0) is 9.80. The summed E-state index contributed by atoms with van der Waals surface area (Å²) in [5, 5.41) is 0. The zero-order valence-corrected chi connectivity index (χ0v) is 9.17. The number of rotatable bonds is 3. The molecule has 1 aliphatic heterocycles. The summed E-state index contributed by atoms with van der Waals surface area (Å²) < 4.78 is 0. The van der Waals surface area contributed by atoms with Gasteiger partial charge >= 0.3 is 0 Å². The number of hydroxylamine groups is 1. The minimum Gasteiger partial charge on any atom is -0.306 e. The lowest BCUT2D eigenvalue weighted by atomic mass is 10.1. The Bertz CT molecular complexity index is 161. The first-order valence-electron chi connectivity index (χ1n) is 5.94. The largest absolute Gasteiger partial charge is 0.306 e. The molecule has 1 saturated carbocycles. The molecule has 0 spiro atoms. The van der Waals surface area contributed by atoms with Crippen LogP contribution in [-0.4, -0.2) is 37.2 Å². The molecule has 1 N–H and O–H groups in total. The normalized spacial score (nSPS) is 27.2. The highest BCUT2D eigenvalue weighted by Crippen LogP contribution is 2.20. The molecule has 3 heteroatoms. The first-order chi connectivity index (χ1) is 6.84. The molecule has 0 unspecified atom stereocenters. The lowest BCUT2D eigenvalue weighted by Gasteiger charge is -2.29. The van der Waals surface area contributed by atoms with Crippen LogP contribution in [0.5, 0.6) is 0 Å². The molecule has 2 aliphatic rings. The van der Waals surface area contributed by atoms with Crippen molar-refractivity contribution in [1.29, 1.82) is 0 Å². The van der Waals surface area contributed by atoms with Gasteiger partial charge in [-0.1, -0.05) is 12.8 Å². The number of nitrogens with zero attached hydrogens (tertiary/aromatic N) is 1. The molecule has 14 heavy (non-hydrogen) atoms. The van der Waals surface area contributed by atoms with Crippen molar-refractivity contribution in [3.8, 4) is 0 Å². The van der Waals surface area contributed by atoms with Crippen molar-refractivity contribution in [2.45, 2.75) is 50.7 Å². The third-order valence-electron chi connectivity index (χ3n) is 3.42. The third-order valence-corrected chi connectivity index (χ3v) is 3.42. The van der Waals surface area contributed by atoms with Gasteiger partial charge in [0.1, 0.15) is 0 Å². The van der Waals surface area contributed by atoms with Crippen LogP contribution >= 0.6 is 0 Å². The van der Waals surface area contributed by atoms with Gasteiger partial charge in [-0.05, 0) is 45.8 Å². The van der Waals surface area contributed by atoms with Crippen molar-refractivity contribution in [2.24, 2.45) is 0 Å². The molecule has 0 aromatic rings. The van der Waals surface area contributed by atoms with Gasteiger partial charge in [-0.3, -0.25) is 4.84 Å². The van der Waals surface area contributed by atoms with E-state index in [1.54, 1.807) is 0 Å². The highest BCUT2D eigenvalue weighted by atomic mass is 16.7. The standard InChI is InChI=1S/C11H22N2O/c1-13-8-6-10(7-9-13)12-14-11-4-2-3-5-11/h10-12H,2-9H2,1H3. The van der Waals surface area contributed by atoms with E-state index >= 15 is 0 Å². The predicted octanol–water partition coefficient (Wildman–Crippen LogP) is 1.54. The Hall–Kier alpha value is -0.120. The van der Waals surface area contributed by atoms with Gasteiger partial charge in [0.15, 0.2) is 0 Å². The van der Waals surface area contributed by atoms with Crippen LogP contribution in [0.2, 0.25) is 0 Å². The van der Waals surface area contributed by atoms with E-state index in [4.69, 9.17) is 4.84 Å². The topological polar surface area (TPSA) is 24.5 Å². The van der Waals surface area contributed by atoms with Crippen molar-refractivity contribution in [2.75, 3.05) is 20.1 Å². The molecular weight excluding hydrogens is 176 g/mol. The van der Waals surface area contributed by atoms with Gasteiger partial charge in [0.2, 0.25) is 0 Å². The first-order valence-corrected chi connectivity index (χ1v) is 5.94. The maximum atomic E-state index is 5.71. The summed E-state index contributed by atoms with van der Waals surface area (Å²) in [4.78, 5) is 8.09. The lowest BCUT2D eigenvalue weighted by molar-refractivity contribution is -0.0493. The SMILES string of the molecule is CN1CCC(NOC2CCCC2)CC1. The Morgan fingerprint density at radius 1 is 1.07 bits per heavy atom. The Balaban J connectivity index is 1.60. The lowest BCUT2D eigenvalue weighted by Crippen LogP contribution is -2.41. The van der Waals surface area contributed by atoms with Crippen LogP contribution in [0.4, 0.5) is 0 Å². The van der Waals surface area contributed by atoms with E-state index < -0.39 is 0 Å². The van der Waals surface area contributed by atoms with Crippen molar-refractivity contribution in [3.05, 3.63) is 0 Å². The van der Waals surface area contributed by atoms with E-state index in [2.05, 4.69) is 17.4 Å². The first kappa shape index (κ1) is 10.4.